The number of hydrogen-bond acceptors (Lipinski definition) is 0. The highest BCUT2D eigenvalue weighted by molar-refractivity contribution is 9.11. The smallest absolute Gasteiger partial charge is 0.0257 e. The summed E-state index contributed by atoms with van der Waals surface area (Å²) in [5.41, 5.74) is 45.3. The largest absolute Gasteiger partial charge is 0.0654 e. The first-order valence-electron chi connectivity index (χ1n) is 52.8. The van der Waals surface area contributed by atoms with Gasteiger partial charge in [-0.2, -0.15) is 0 Å². The van der Waals surface area contributed by atoms with E-state index >= 15 is 0 Å². The van der Waals surface area contributed by atoms with Crippen LogP contribution in [0.2, 0.25) is 0 Å². The highest BCUT2D eigenvalue weighted by Crippen LogP contribution is 2.67. The van der Waals surface area contributed by atoms with Gasteiger partial charge in [0.25, 0.3) is 0 Å². The summed E-state index contributed by atoms with van der Waals surface area (Å²) in [5, 5.41) is 10.8. The van der Waals surface area contributed by atoms with E-state index in [-0.39, 0.29) is 32.5 Å². The third kappa shape index (κ3) is 15.5. The van der Waals surface area contributed by atoms with Gasteiger partial charge in [0.1, 0.15) is 0 Å². The first-order chi connectivity index (χ1) is 66.2. The van der Waals surface area contributed by atoms with Crippen LogP contribution in [0.4, 0.5) is 0 Å². The minimum absolute atomic E-state index is 0.0135. The molecule has 0 aliphatic heterocycles. The molecule has 0 N–H and O–H groups in total. The second kappa shape index (κ2) is 37.4. The summed E-state index contributed by atoms with van der Waals surface area (Å²) in [6, 6.07) is 109. The van der Waals surface area contributed by atoms with E-state index in [2.05, 4.69) is 394 Å². The molecule has 0 saturated heterocycles. The second-order valence-electron chi connectivity index (χ2n) is 43.8. The van der Waals surface area contributed by atoms with Crippen LogP contribution < -0.4 is 0 Å². The molecular formula is C134H138Br2. The van der Waals surface area contributed by atoms with E-state index in [0.29, 0.717) is 0 Å². The lowest BCUT2D eigenvalue weighted by molar-refractivity contribution is 0.398. The SMILES string of the molecule is CCCCCCCCC1(CCCCCCCC)c2cc3c(cc2-c2cc4c(cc21)-c1c(cc(-c2ccc(-c5ccccc5)cc2)c2ccccc12)C4(C)C)C(C)(C)c1cc(-c2ccc(-c4ccccc4)cc2)c2ccccc2c1-3.CCCCCCCCC1(CCCCCCCC)c2cc3c(cc2-c2cc4c(cc21)-c1c(cc(Br)c2ccccc12)C4(C)C)C(C)(C)c1cc(Br)c2ccccc2c1-3. The average Bonchev–Trinajstić information content (AvgIpc) is 1.52. The van der Waals surface area contributed by atoms with Crippen LogP contribution in [0.25, 0.3) is 154 Å². The van der Waals surface area contributed by atoms with Crippen molar-refractivity contribution in [1.29, 1.82) is 0 Å². The van der Waals surface area contributed by atoms with Crippen molar-refractivity contribution >= 4 is 74.9 Å². The summed E-state index contributed by atoms with van der Waals surface area (Å²) in [4.78, 5) is 0. The van der Waals surface area contributed by atoms with Crippen LogP contribution in [0.3, 0.4) is 0 Å². The maximum Gasteiger partial charge on any atom is 0.0257 e. The first-order valence-corrected chi connectivity index (χ1v) is 54.4. The van der Waals surface area contributed by atoms with Crippen LogP contribution in [-0.2, 0) is 32.5 Å². The fourth-order valence-corrected chi connectivity index (χ4v) is 27.9. The molecule has 136 heavy (non-hydrogen) atoms. The molecular weight excluding hydrogens is 1770 g/mol. The molecule has 0 unspecified atom stereocenters. The molecule has 0 atom stereocenters. The minimum Gasteiger partial charge on any atom is -0.0654 e. The summed E-state index contributed by atoms with van der Waals surface area (Å²) in [7, 11) is 0. The van der Waals surface area contributed by atoms with Crippen LogP contribution in [0.5, 0.6) is 0 Å². The zero-order chi connectivity index (χ0) is 93.6. The molecule has 0 spiro atoms. The maximum absolute atomic E-state index is 4.01. The summed E-state index contributed by atoms with van der Waals surface area (Å²) >= 11 is 8.02. The van der Waals surface area contributed by atoms with Crippen molar-refractivity contribution in [2.75, 3.05) is 0 Å². The Bertz CT molecular complexity index is 6830. The van der Waals surface area contributed by atoms with Gasteiger partial charge in [0.15, 0.2) is 0 Å². The number of rotatable bonds is 32. The fraction of sp³-hybridized carbons (Fsp3) is 0.343. The van der Waals surface area contributed by atoms with Crippen molar-refractivity contribution in [2.45, 2.75) is 295 Å². The predicted molar refractivity (Wildman–Crippen MR) is 595 cm³/mol. The normalized spacial score (nSPS) is 15.3. The topological polar surface area (TPSA) is 0 Å². The number of fused-ring (bicyclic) bond motifs is 26. The predicted octanol–water partition coefficient (Wildman–Crippen LogP) is 40.9. The molecule has 0 radical (unpaired) electrons. The molecule has 0 saturated carbocycles. The molecule has 16 aromatic rings. The highest BCUT2D eigenvalue weighted by Gasteiger charge is 2.52. The molecule has 0 amide bonds. The molecule has 0 fully saturated rings. The Labute approximate surface area is 829 Å². The van der Waals surface area contributed by atoms with Gasteiger partial charge in [0, 0.05) is 41.4 Å². The molecule has 2 heteroatoms. The lowest BCUT2D eigenvalue weighted by Crippen LogP contribution is -2.26. The molecule has 0 nitrogen and oxygen atoms in total. The Morgan fingerprint density at radius 2 is 0.368 bits per heavy atom. The number of benzene rings is 16. The second-order valence-corrected chi connectivity index (χ2v) is 45.5. The monoisotopic (exact) mass is 1900 g/mol. The Morgan fingerprint density at radius 3 is 0.640 bits per heavy atom. The van der Waals surface area contributed by atoms with Gasteiger partial charge in [0.05, 0.1) is 0 Å². The summed E-state index contributed by atoms with van der Waals surface area (Å²) in [6.07, 6.45) is 36.4. The van der Waals surface area contributed by atoms with Crippen LogP contribution in [0, 0.1) is 0 Å². The zero-order valence-electron chi connectivity index (χ0n) is 83.1. The Hall–Kier alpha value is -10.5. The molecule has 6 aliphatic rings. The lowest BCUT2D eigenvalue weighted by atomic mass is 9.69. The van der Waals surface area contributed by atoms with Gasteiger partial charge < -0.3 is 0 Å². The standard InChI is InChI=1S/C79H78.C55H60Br2/c1-7-9-11-13-15-27-45-79(46-28-16-14-12-10-8-2)71-51-67-69(77(3,4)73-47-63(59-33-23-25-35-61(59)75(67)73)57-41-37-55(38-42-57)53-29-19-17-20-30-53)49-65(71)66-50-70-68(52-72(66)79)76-62-36-26-24-34-60(62)64(48-74(76)78(70,5)6)58-43-39-56(40-44-58)54-31-21-18-22-32-54;1-7-9-11-13-15-21-27-55(28-22-16-14-12-10-8-2)45-31-41-43(53(3,4)47-33-49(56)35-23-17-19-25-37(35)51(41)47)29-39(45)40-30-44-42(32-46(40)55)52-38-26-20-18-24-36(38)50(57)34-48(52)54(44,5)6/h17-26,29-44,47-52H,7-16,27-28,45-46H2,1-6H3;17-20,23-26,29-34H,7-16,21-22,27-28H2,1-6H3. The average molecular weight is 1910 g/mol. The molecule has 0 aromatic heterocycles. The van der Waals surface area contributed by atoms with Crippen molar-refractivity contribution in [3.8, 4) is 111 Å². The van der Waals surface area contributed by atoms with Gasteiger partial charge in [-0.15, -0.1) is 0 Å². The van der Waals surface area contributed by atoms with Gasteiger partial charge in [-0.3, -0.25) is 0 Å². The lowest BCUT2D eigenvalue weighted by Gasteiger charge is -2.34. The Morgan fingerprint density at radius 1 is 0.169 bits per heavy atom. The maximum atomic E-state index is 4.01. The van der Waals surface area contributed by atoms with Crippen molar-refractivity contribution in [1.82, 2.24) is 0 Å². The van der Waals surface area contributed by atoms with E-state index in [1.165, 1.54) is 388 Å². The molecule has 16 aromatic carbocycles. The Kier molecular flexibility index (Phi) is 25.2. The van der Waals surface area contributed by atoms with Crippen LogP contribution >= 0.6 is 31.9 Å². The quantitative estimate of drug-likeness (QED) is 0.0369. The van der Waals surface area contributed by atoms with Gasteiger partial charge >= 0.3 is 0 Å². The van der Waals surface area contributed by atoms with Crippen LogP contribution in [0.15, 0.2) is 288 Å². The fourth-order valence-electron chi connectivity index (χ4n) is 26.8. The Balaban J connectivity index is 0.000000172. The zero-order valence-corrected chi connectivity index (χ0v) is 86.3. The van der Waals surface area contributed by atoms with E-state index in [0.717, 1.165) is 0 Å². The van der Waals surface area contributed by atoms with E-state index in [1.54, 1.807) is 22.3 Å². The van der Waals surface area contributed by atoms with Crippen molar-refractivity contribution in [2.24, 2.45) is 0 Å². The highest BCUT2D eigenvalue weighted by atomic mass is 79.9. The van der Waals surface area contributed by atoms with E-state index in [1.807, 2.05) is 0 Å². The summed E-state index contributed by atoms with van der Waals surface area (Å²) in [6.45, 7) is 29.3. The number of hydrogen-bond donors (Lipinski definition) is 0. The van der Waals surface area contributed by atoms with Crippen molar-refractivity contribution in [3.05, 3.63) is 355 Å². The number of unbranched alkanes of at least 4 members (excludes halogenated alkanes) is 20. The van der Waals surface area contributed by atoms with Gasteiger partial charge in [0.2, 0.25) is 0 Å². The molecule has 0 heterocycles. The van der Waals surface area contributed by atoms with Gasteiger partial charge in [-0.25, -0.2) is 0 Å². The minimum atomic E-state index is -0.201. The van der Waals surface area contributed by atoms with Gasteiger partial charge in [-0.1, -0.05) is 475 Å². The molecule has 6 aliphatic carbocycles. The number of halogens is 2. The first kappa shape index (κ1) is 91.9. The molecule has 22 rings (SSSR count). The van der Waals surface area contributed by atoms with E-state index in [9.17, 15) is 0 Å². The third-order valence-electron chi connectivity index (χ3n) is 34.2. The van der Waals surface area contributed by atoms with Crippen LogP contribution in [-0.4, -0.2) is 0 Å². The summed E-state index contributed by atoms with van der Waals surface area (Å²) < 4.78 is 2.40. The van der Waals surface area contributed by atoms with Gasteiger partial charge in [-0.05, 0) is 320 Å². The van der Waals surface area contributed by atoms with Crippen LogP contribution in [0.1, 0.15) is 330 Å². The molecule has 688 valence electrons. The van der Waals surface area contributed by atoms with Crippen molar-refractivity contribution < 1.29 is 0 Å². The van der Waals surface area contributed by atoms with E-state index < -0.39 is 0 Å². The molecule has 0 bridgehead atoms. The van der Waals surface area contributed by atoms with E-state index in [4.69, 9.17) is 0 Å². The van der Waals surface area contributed by atoms with Crippen molar-refractivity contribution in [3.63, 3.8) is 0 Å². The third-order valence-corrected chi connectivity index (χ3v) is 35.6. The summed E-state index contributed by atoms with van der Waals surface area (Å²) in [5.74, 6) is 0.